The minimum atomic E-state index is -0.658. The molecule has 0 aromatic rings. The Morgan fingerprint density at radius 2 is 2.10 bits per heavy atom. The van der Waals surface area contributed by atoms with Crippen molar-refractivity contribution in [3.63, 3.8) is 0 Å². The van der Waals surface area contributed by atoms with Gasteiger partial charge < -0.3 is 15.4 Å². The van der Waals surface area contributed by atoms with Gasteiger partial charge in [-0.1, -0.05) is 6.92 Å². The van der Waals surface area contributed by atoms with E-state index in [0.29, 0.717) is 0 Å². The van der Waals surface area contributed by atoms with E-state index in [2.05, 4.69) is 0 Å². The summed E-state index contributed by atoms with van der Waals surface area (Å²) in [7, 11) is 0. The standard InChI is InChI=1S/C6H15NO3/c1-5(9)6(2,4-8)3-7-10/h5,7-10H,3-4H2,1-2H3. The summed E-state index contributed by atoms with van der Waals surface area (Å²) in [4.78, 5) is 0. The average molecular weight is 149 g/mol. The molecule has 62 valence electrons. The number of nitrogens with one attached hydrogen (secondary N) is 1. The third-order valence-electron chi connectivity index (χ3n) is 1.85. The smallest absolute Gasteiger partial charge is 0.0600 e. The predicted molar refractivity (Wildman–Crippen MR) is 36.7 cm³/mol. The zero-order valence-corrected chi connectivity index (χ0v) is 6.33. The Hall–Kier alpha value is -0.160. The molecule has 0 aliphatic rings. The second-order valence-corrected chi connectivity index (χ2v) is 2.82. The molecule has 4 heteroatoms. The van der Waals surface area contributed by atoms with Gasteiger partial charge in [0.1, 0.15) is 0 Å². The monoisotopic (exact) mass is 149 g/mol. The fourth-order valence-corrected chi connectivity index (χ4v) is 0.516. The lowest BCUT2D eigenvalue weighted by Gasteiger charge is -2.29. The number of rotatable bonds is 4. The highest BCUT2D eigenvalue weighted by Gasteiger charge is 2.28. The lowest BCUT2D eigenvalue weighted by Crippen LogP contribution is -2.42. The molecule has 0 bridgehead atoms. The molecule has 0 saturated carbocycles. The zero-order chi connectivity index (χ0) is 8.20. The summed E-state index contributed by atoms with van der Waals surface area (Å²) in [5.41, 5.74) is 1.26. The van der Waals surface area contributed by atoms with Gasteiger partial charge >= 0.3 is 0 Å². The van der Waals surface area contributed by atoms with Gasteiger partial charge in [-0.25, -0.2) is 5.48 Å². The molecule has 0 aliphatic carbocycles. The molecule has 0 aromatic heterocycles. The Labute approximate surface area is 60.5 Å². The van der Waals surface area contributed by atoms with Crippen molar-refractivity contribution >= 4 is 0 Å². The van der Waals surface area contributed by atoms with Crippen molar-refractivity contribution in [2.45, 2.75) is 20.0 Å². The van der Waals surface area contributed by atoms with Crippen LogP contribution in [-0.4, -0.2) is 34.7 Å². The van der Waals surface area contributed by atoms with Crippen molar-refractivity contribution in [1.82, 2.24) is 5.48 Å². The van der Waals surface area contributed by atoms with E-state index >= 15 is 0 Å². The highest BCUT2D eigenvalue weighted by atomic mass is 16.5. The number of hydrogen-bond donors (Lipinski definition) is 4. The molecule has 0 saturated heterocycles. The molecule has 0 aromatic carbocycles. The quantitative estimate of drug-likeness (QED) is 0.401. The second-order valence-electron chi connectivity index (χ2n) is 2.82. The first-order chi connectivity index (χ1) is 4.56. The number of hydroxylamine groups is 1. The summed E-state index contributed by atoms with van der Waals surface area (Å²) in [5, 5.41) is 26.2. The van der Waals surface area contributed by atoms with Crippen LogP contribution < -0.4 is 5.48 Å². The first-order valence-corrected chi connectivity index (χ1v) is 3.22. The second kappa shape index (κ2) is 3.88. The summed E-state index contributed by atoms with van der Waals surface area (Å²) in [5.74, 6) is 0. The molecule has 10 heavy (non-hydrogen) atoms. The van der Waals surface area contributed by atoms with E-state index in [1.165, 1.54) is 0 Å². The molecular weight excluding hydrogens is 134 g/mol. The van der Waals surface area contributed by atoms with E-state index in [9.17, 15) is 0 Å². The normalized spacial score (nSPS) is 20.1. The Morgan fingerprint density at radius 3 is 2.20 bits per heavy atom. The lowest BCUT2D eigenvalue weighted by atomic mass is 9.86. The maximum Gasteiger partial charge on any atom is 0.0600 e. The fraction of sp³-hybridized carbons (Fsp3) is 1.00. The van der Waals surface area contributed by atoms with Gasteiger partial charge in [0.2, 0.25) is 0 Å². The number of aliphatic hydroxyl groups is 2. The Balaban J connectivity index is 3.94. The molecule has 2 atom stereocenters. The minimum Gasteiger partial charge on any atom is -0.396 e. The van der Waals surface area contributed by atoms with Crippen molar-refractivity contribution in [3.8, 4) is 0 Å². The van der Waals surface area contributed by atoms with E-state index in [1.54, 1.807) is 13.8 Å². The van der Waals surface area contributed by atoms with Gasteiger partial charge in [-0.05, 0) is 6.92 Å². The van der Waals surface area contributed by atoms with Crippen LogP contribution in [0.2, 0.25) is 0 Å². The molecule has 2 unspecified atom stereocenters. The summed E-state index contributed by atoms with van der Waals surface area (Å²) >= 11 is 0. The maximum absolute atomic E-state index is 9.09. The molecule has 0 radical (unpaired) electrons. The summed E-state index contributed by atoms with van der Waals surface area (Å²) in [6.45, 7) is 3.29. The lowest BCUT2D eigenvalue weighted by molar-refractivity contribution is -0.0170. The van der Waals surface area contributed by atoms with E-state index in [-0.39, 0.29) is 13.2 Å². The average Bonchev–Trinajstić information content (AvgIpc) is 1.88. The van der Waals surface area contributed by atoms with Crippen molar-refractivity contribution in [2.24, 2.45) is 5.41 Å². The molecular formula is C6H15NO3. The van der Waals surface area contributed by atoms with Crippen LogP contribution in [0.3, 0.4) is 0 Å². The van der Waals surface area contributed by atoms with E-state index in [0.717, 1.165) is 0 Å². The van der Waals surface area contributed by atoms with Gasteiger partial charge in [-0.15, -0.1) is 0 Å². The van der Waals surface area contributed by atoms with Gasteiger partial charge in [-0.2, -0.15) is 0 Å². The van der Waals surface area contributed by atoms with Crippen LogP contribution >= 0.6 is 0 Å². The van der Waals surface area contributed by atoms with E-state index in [4.69, 9.17) is 15.4 Å². The molecule has 4 N–H and O–H groups in total. The van der Waals surface area contributed by atoms with E-state index < -0.39 is 11.5 Å². The van der Waals surface area contributed by atoms with E-state index in [1.807, 2.05) is 5.48 Å². The predicted octanol–water partition coefficient (Wildman–Crippen LogP) is -0.655. The third kappa shape index (κ3) is 2.22. The zero-order valence-electron chi connectivity index (χ0n) is 6.33. The van der Waals surface area contributed by atoms with Crippen molar-refractivity contribution < 1.29 is 15.4 Å². The molecule has 0 spiro atoms. The molecule has 4 nitrogen and oxygen atoms in total. The number of hydrogen-bond acceptors (Lipinski definition) is 4. The summed E-state index contributed by atoms with van der Waals surface area (Å²) in [6, 6.07) is 0. The Bertz CT molecular complexity index is 97.0. The molecule has 0 heterocycles. The molecule has 0 rings (SSSR count). The van der Waals surface area contributed by atoms with Crippen LogP contribution in [0, 0.1) is 5.41 Å². The van der Waals surface area contributed by atoms with Crippen LogP contribution in [0.25, 0.3) is 0 Å². The SMILES string of the molecule is CC(O)C(C)(CO)CNO. The van der Waals surface area contributed by atoms with Gasteiger partial charge in [0.25, 0.3) is 0 Å². The highest BCUT2D eigenvalue weighted by Crippen LogP contribution is 2.18. The highest BCUT2D eigenvalue weighted by molar-refractivity contribution is 4.79. The van der Waals surface area contributed by atoms with Crippen LogP contribution in [0.5, 0.6) is 0 Å². The minimum absolute atomic E-state index is 0.155. The largest absolute Gasteiger partial charge is 0.396 e. The fourth-order valence-electron chi connectivity index (χ4n) is 0.516. The summed E-state index contributed by atoms with van der Waals surface area (Å²) in [6.07, 6.45) is -0.642. The van der Waals surface area contributed by atoms with Crippen molar-refractivity contribution in [3.05, 3.63) is 0 Å². The molecule has 0 amide bonds. The van der Waals surface area contributed by atoms with Crippen LogP contribution in [-0.2, 0) is 0 Å². The maximum atomic E-state index is 9.09. The molecule has 0 fully saturated rings. The Morgan fingerprint density at radius 1 is 1.60 bits per heavy atom. The van der Waals surface area contributed by atoms with Crippen molar-refractivity contribution in [1.29, 1.82) is 0 Å². The van der Waals surface area contributed by atoms with Crippen LogP contribution in [0.15, 0.2) is 0 Å². The van der Waals surface area contributed by atoms with Gasteiger partial charge in [-0.3, -0.25) is 0 Å². The van der Waals surface area contributed by atoms with Gasteiger partial charge in [0.05, 0.1) is 12.7 Å². The molecule has 0 aliphatic heterocycles. The van der Waals surface area contributed by atoms with Gasteiger partial charge in [0, 0.05) is 12.0 Å². The van der Waals surface area contributed by atoms with Gasteiger partial charge in [0.15, 0.2) is 0 Å². The van der Waals surface area contributed by atoms with Crippen LogP contribution in [0.4, 0.5) is 0 Å². The van der Waals surface area contributed by atoms with Crippen molar-refractivity contribution in [2.75, 3.05) is 13.2 Å². The van der Waals surface area contributed by atoms with Crippen LogP contribution in [0.1, 0.15) is 13.8 Å². The topological polar surface area (TPSA) is 72.7 Å². The first-order valence-electron chi connectivity index (χ1n) is 3.22. The number of aliphatic hydroxyl groups excluding tert-OH is 2. The Kier molecular flexibility index (Phi) is 3.81. The first kappa shape index (κ1) is 9.84. The third-order valence-corrected chi connectivity index (χ3v) is 1.85. The summed E-state index contributed by atoms with van der Waals surface area (Å²) < 4.78 is 0.